The Kier molecular flexibility index (Phi) is 3.66. The molecule has 2 aromatic rings. The number of H-pyrrole nitrogens is 1. The number of aliphatic hydroxyl groups is 2. The molecule has 1 fully saturated rings. The topological polar surface area (TPSA) is 70.4 Å². The lowest BCUT2D eigenvalue weighted by Crippen LogP contribution is -2.25. The first-order valence-electron chi connectivity index (χ1n) is 6.11. The summed E-state index contributed by atoms with van der Waals surface area (Å²) in [6, 6.07) is 7.24. The molecule has 1 aromatic heterocycles. The van der Waals surface area contributed by atoms with Crippen molar-refractivity contribution in [3.05, 3.63) is 45.9 Å². The molecule has 5 nitrogen and oxygen atoms in total. The fourth-order valence-electron chi connectivity index (χ4n) is 2.23. The second kappa shape index (κ2) is 5.31. The van der Waals surface area contributed by atoms with Crippen LogP contribution in [0.2, 0.25) is 5.02 Å². The predicted octanol–water partition coefficient (Wildman–Crippen LogP) is 1.98. The van der Waals surface area contributed by atoms with Gasteiger partial charge < -0.3 is 19.9 Å². The maximum Gasteiger partial charge on any atom is 0.182 e. The van der Waals surface area contributed by atoms with E-state index in [0.717, 1.165) is 5.69 Å². The van der Waals surface area contributed by atoms with Crippen molar-refractivity contribution in [1.82, 2.24) is 9.55 Å². The summed E-state index contributed by atoms with van der Waals surface area (Å²) in [5, 5.41) is 20.0. The molecule has 1 aliphatic heterocycles. The Morgan fingerprint density at radius 1 is 1.30 bits per heavy atom. The van der Waals surface area contributed by atoms with Crippen LogP contribution in [0.4, 0.5) is 0 Å². The molecule has 1 saturated heterocycles. The van der Waals surface area contributed by atoms with Crippen molar-refractivity contribution in [2.45, 2.75) is 18.3 Å². The van der Waals surface area contributed by atoms with E-state index in [4.69, 9.17) is 28.6 Å². The third kappa shape index (κ3) is 2.41. The molecule has 0 aliphatic carbocycles. The molecular weight excluding hydrogens is 300 g/mol. The standard InChI is InChI=1S/C13H13ClN2O3S/c14-7-1-3-8(4-2-7)16-5-9(15-13(16)20)12-11(18)10(17)6-19-12/h1-5,10-12,17-18H,6H2,(H,15,20)/t10-,11-,12-/m1/s1. The number of rotatable bonds is 2. The molecule has 0 spiro atoms. The van der Waals surface area contributed by atoms with E-state index >= 15 is 0 Å². The van der Waals surface area contributed by atoms with E-state index in [-0.39, 0.29) is 6.61 Å². The van der Waals surface area contributed by atoms with Crippen molar-refractivity contribution in [3.63, 3.8) is 0 Å². The third-order valence-electron chi connectivity index (χ3n) is 3.30. The van der Waals surface area contributed by atoms with E-state index in [1.165, 1.54) is 0 Å². The minimum absolute atomic E-state index is 0.110. The van der Waals surface area contributed by atoms with Crippen LogP contribution in [-0.2, 0) is 4.74 Å². The average molecular weight is 313 g/mol. The van der Waals surface area contributed by atoms with Gasteiger partial charge in [0, 0.05) is 16.9 Å². The van der Waals surface area contributed by atoms with Gasteiger partial charge in [-0.05, 0) is 36.5 Å². The Morgan fingerprint density at radius 2 is 2.00 bits per heavy atom. The van der Waals surface area contributed by atoms with Gasteiger partial charge in [0.2, 0.25) is 0 Å². The van der Waals surface area contributed by atoms with Crippen LogP contribution in [0.15, 0.2) is 30.5 Å². The number of aromatic amines is 1. The predicted molar refractivity (Wildman–Crippen MR) is 76.7 cm³/mol. The largest absolute Gasteiger partial charge is 0.388 e. The van der Waals surface area contributed by atoms with E-state index in [0.29, 0.717) is 15.5 Å². The van der Waals surface area contributed by atoms with Crippen molar-refractivity contribution >= 4 is 23.8 Å². The van der Waals surface area contributed by atoms with Crippen LogP contribution >= 0.6 is 23.8 Å². The van der Waals surface area contributed by atoms with Gasteiger partial charge in [-0.3, -0.25) is 4.57 Å². The Hall–Kier alpha value is -1.18. The zero-order chi connectivity index (χ0) is 14.3. The monoisotopic (exact) mass is 312 g/mol. The minimum atomic E-state index is -0.957. The highest BCUT2D eigenvalue weighted by atomic mass is 35.5. The van der Waals surface area contributed by atoms with Crippen molar-refractivity contribution in [2.24, 2.45) is 0 Å². The molecule has 0 amide bonds. The molecular formula is C13H13ClN2O3S. The first kappa shape index (κ1) is 13.8. The number of aromatic nitrogens is 2. The minimum Gasteiger partial charge on any atom is -0.388 e. The Labute approximate surface area is 125 Å². The van der Waals surface area contributed by atoms with E-state index in [1.807, 2.05) is 12.1 Å². The summed E-state index contributed by atoms with van der Waals surface area (Å²) in [4.78, 5) is 3.00. The van der Waals surface area contributed by atoms with Gasteiger partial charge in [0.15, 0.2) is 4.77 Å². The average Bonchev–Trinajstić information content (AvgIpc) is 2.95. The molecule has 106 valence electrons. The summed E-state index contributed by atoms with van der Waals surface area (Å²) in [5.41, 5.74) is 1.49. The number of nitrogens with zero attached hydrogens (tertiary/aromatic N) is 1. The van der Waals surface area contributed by atoms with Gasteiger partial charge in [-0.25, -0.2) is 0 Å². The normalized spacial score (nSPS) is 26.1. The summed E-state index contributed by atoms with van der Waals surface area (Å²) < 4.78 is 7.63. The van der Waals surface area contributed by atoms with Crippen LogP contribution in [0.1, 0.15) is 11.8 Å². The lowest BCUT2D eigenvalue weighted by Gasteiger charge is -2.12. The fraction of sp³-hybridized carbons (Fsp3) is 0.308. The molecule has 7 heteroatoms. The van der Waals surface area contributed by atoms with Crippen LogP contribution in [0, 0.1) is 4.77 Å². The molecule has 3 N–H and O–H groups in total. The van der Waals surface area contributed by atoms with Gasteiger partial charge in [0.1, 0.15) is 18.3 Å². The number of benzene rings is 1. The summed E-state index contributed by atoms with van der Waals surface area (Å²) >= 11 is 11.1. The number of hydrogen-bond donors (Lipinski definition) is 3. The van der Waals surface area contributed by atoms with Crippen LogP contribution in [0.5, 0.6) is 0 Å². The number of ether oxygens (including phenoxy) is 1. The second-order valence-corrected chi connectivity index (χ2v) is 5.50. The Morgan fingerprint density at radius 3 is 2.60 bits per heavy atom. The summed E-state index contributed by atoms with van der Waals surface area (Å²) in [5.74, 6) is 0. The second-order valence-electron chi connectivity index (χ2n) is 4.67. The van der Waals surface area contributed by atoms with E-state index in [9.17, 15) is 10.2 Å². The Bertz CT molecular complexity index is 667. The highest BCUT2D eigenvalue weighted by Crippen LogP contribution is 2.29. The number of hydrogen-bond acceptors (Lipinski definition) is 4. The van der Waals surface area contributed by atoms with Gasteiger partial charge in [0.05, 0.1) is 12.3 Å². The highest BCUT2D eigenvalue weighted by molar-refractivity contribution is 7.71. The zero-order valence-electron chi connectivity index (χ0n) is 10.4. The lowest BCUT2D eigenvalue weighted by atomic mass is 10.1. The van der Waals surface area contributed by atoms with Crippen molar-refractivity contribution in [1.29, 1.82) is 0 Å². The number of imidazole rings is 1. The SMILES string of the molecule is O[C@@H]1[C@H](O)CO[C@@H]1c1cn(-c2ccc(Cl)cc2)c(=S)[nH]1. The molecule has 0 bridgehead atoms. The lowest BCUT2D eigenvalue weighted by molar-refractivity contribution is 0.0207. The summed E-state index contributed by atoms with van der Waals surface area (Å²) in [6.07, 6.45) is -0.667. The maximum atomic E-state index is 9.86. The van der Waals surface area contributed by atoms with Crippen LogP contribution < -0.4 is 0 Å². The molecule has 3 rings (SSSR count). The molecule has 2 heterocycles. The number of aliphatic hydroxyl groups excluding tert-OH is 2. The van der Waals surface area contributed by atoms with E-state index in [2.05, 4.69) is 4.98 Å². The quantitative estimate of drug-likeness (QED) is 0.742. The number of nitrogens with one attached hydrogen (secondary N) is 1. The van der Waals surface area contributed by atoms with Crippen molar-refractivity contribution < 1.29 is 14.9 Å². The molecule has 0 radical (unpaired) electrons. The van der Waals surface area contributed by atoms with E-state index in [1.54, 1.807) is 22.9 Å². The van der Waals surface area contributed by atoms with Gasteiger partial charge >= 0.3 is 0 Å². The molecule has 1 aromatic carbocycles. The zero-order valence-corrected chi connectivity index (χ0v) is 11.9. The van der Waals surface area contributed by atoms with Gasteiger partial charge in [0.25, 0.3) is 0 Å². The summed E-state index contributed by atoms with van der Waals surface area (Å²) in [7, 11) is 0. The first-order valence-corrected chi connectivity index (χ1v) is 6.90. The molecule has 20 heavy (non-hydrogen) atoms. The molecule has 3 atom stereocenters. The fourth-order valence-corrected chi connectivity index (χ4v) is 2.63. The van der Waals surface area contributed by atoms with Gasteiger partial charge in [-0.2, -0.15) is 0 Å². The molecule has 1 aliphatic rings. The van der Waals surface area contributed by atoms with Crippen LogP contribution in [0.3, 0.4) is 0 Å². The highest BCUT2D eigenvalue weighted by Gasteiger charge is 2.36. The van der Waals surface area contributed by atoms with Crippen LogP contribution in [-0.4, -0.2) is 38.6 Å². The molecule has 0 unspecified atom stereocenters. The van der Waals surface area contributed by atoms with E-state index < -0.39 is 18.3 Å². The third-order valence-corrected chi connectivity index (χ3v) is 3.85. The maximum absolute atomic E-state index is 9.86. The summed E-state index contributed by atoms with van der Waals surface area (Å²) in [6.45, 7) is 0.110. The van der Waals surface area contributed by atoms with Gasteiger partial charge in [-0.1, -0.05) is 11.6 Å². The molecule has 0 saturated carbocycles. The van der Waals surface area contributed by atoms with Gasteiger partial charge in [-0.15, -0.1) is 0 Å². The van der Waals surface area contributed by atoms with Crippen LogP contribution in [0.25, 0.3) is 5.69 Å². The Balaban J connectivity index is 1.95. The number of halogens is 1. The van der Waals surface area contributed by atoms with Crippen molar-refractivity contribution in [2.75, 3.05) is 6.61 Å². The first-order chi connectivity index (χ1) is 9.56. The van der Waals surface area contributed by atoms with Crippen molar-refractivity contribution in [3.8, 4) is 5.69 Å². The smallest absolute Gasteiger partial charge is 0.182 e.